The summed E-state index contributed by atoms with van der Waals surface area (Å²) >= 11 is 0. The van der Waals surface area contributed by atoms with Gasteiger partial charge in [-0.2, -0.15) is 0 Å². The van der Waals surface area contributed by atoms with E-state index in [0.29, 0.717) is 0 Å². The van der Waals surface area contributed by atoms with Gasteiger partial charge in [-0.25, -0.2) is 0 Å². The molecule has 1 radical (unpaired) electrons. The molecule has 0 amide bonds. The molecule has 1 unspecified atom stereocenters. The average Bonchev–Trinajstić information content (AvgIpc) is 3.08. The highest BCUT2D eigenvalue weighted by Crippen LogP contribution is 2.55. The van der Waals surface area contributed by atoms with Crippen LogP contribution in [0.5, 0.6) is 0 Å². The minimum absolute atomic E-state index is 0.193. The molecule has 0 N–H and O–H groups in total. The number of hydrogen-bond acceptors (Lipinski definition) is 0. The lowest BCUT2D eigenvalue weighted by molar-refractivity contribution is 0.514. The van der Waals surface area contributed by atoms with Gasteiger partial charge in [0.25, 0.3) is 0 Å². The van der Waals surface area contributed by atoms with Crippen LogP contribution in [0.3, 0.4) is 0 Å². The van der Waals surface area contributed by atoms with Crippen molar-refractivity contribution in [2.24, 2.45) is 0 Å². The molecule has 0 aromatic heterocycles. The van der Waals surface area contributed by atoms with Crippen molar-refractivity contribution in [2.45, 2.75) is 30.6 Å². The summed E-state index contributed by atoms with van der Waals surface area (Å²) in [4.78, 5) is 0. The zero-order valence-corrected chi connectivity index (χ0v) is 24.0. The van der Waals surface area contributed by atoms with Crippen molar-refractivity contribution >= 4 is 0 Å². The Hall–Kier alpha value is -4.68. The summed E-state index contributed by atoms with van der Waals surface area (Å²) in [5, 5.41) is 0. The lowest BCUT2D eigenvalue weighted by atomic mass is 9.55. The second kappa shape index (κ2) is 13.3. The third kappa shape index (κ3) is 5.71. The molecule has 0 saturated carbocycles. The van der Waals surface area contributed by atoms with Crippen LogP contribution >= 0.6 is 0 Å². The zero-order valence-electron chi connectivity index (χ0n) is 24.0. The average molecular weight is 542 g/mol. The summed E-state index contributed by atoms with van der Waals surface area (Å²) < 4.78 is 0. The predicted molar refractivity (Wildman–Crippen MR) is 177 cm³/mol. The largest absolute Gasteiger partial charge is 0.0622 e. The van der Waals surface area contributed by atoms with Crippen molar-refractivity contribution in [3.8, 4) is 0 Å². The molecule has 205 valence electrons. The molecule has 6 aromatic carbocycles. The first-order chi connectivity index (χ1) is 20.9. The molecule has 6 aromatic rings. The zero-order chi connectivity index (χ0) is 28.5. The van der Waals surface area contributed by atoms with Gasteiger partial charge >= 0.3 is 0 Å². The van der Waals surface area contributed by atoms with Gasteiger partial charge in [0.05, 0.1) is 5.41 Å². The molecular formula is C42H37. The maximum atomic E-state index is 2.32. The van der Waals surface area contributed by atoms with E-state index in [0.717, 1.165) is 19.3 Å². The van der Waals surface area contributed by atoms with Crippen molar-refractivity contribution < 1.29 is 0 Å². The van der Waals surface area contributed by atoms with Crippen LogP contribution in [0.1, 0.15) is 52.1 Å². The second-order valence-electron chi connectivity index (χ2n) is 11.0. The van der Waals surface area contributed by atoms with Gasteiger partial charge in [-0.05, 0) is 58.6 Å². The maximum Gasteiger partial charge on any atom is 0.0562 e. The van der Waals surface area contributed by atoms with E-state index in [4.69, 9.17) is 0 Å². The Morgan fingerprint density at radius 1 is 0.429 bits per heavy atom. The van der Waals surface area contributed by atoms with Gasteiger partial charge in [-0.3, -0.25) is 0 Å². The summed E-state index contributed by atoms with van der Waals surface area (Å²) in [6.45, 7) is 0. The van der Waals surface area contributed by atoms with Gasteiger partial charge in [0.15, 0.2) is 0 Å². The van der Waals surface area contributed by atoms with Crippen LogP contribution in [0.4, 0.5) is 0 Å². The standard InChI is InChI=1S/C42H37/c1-7-20-34(21-8-1)22-19-33-40(35-23-9-2-10-24-35)41(36-25-11-3-12-26-36)42(37-27-13-4-14-28-37,38-29-15-5-16-30-38)39-31-17-6-18-32-39/h1-18,20-21,23-32,40H,19,22,33H2. The molecule has 1 atom stereocenters. The van der Waals surface area contributed by atoms with Crippen LogP contribution in [0.15, 0.2) is 182 Å². The Morgan fingerprint density at radius 2 is 0.810 bits per heavy atom. The number of hydrogen-bond donors (Lipinski definition) is 0. The van der Waals surface area contributed by atoms with E-state index in [2.05, 4.69) is 182 Å². The van der Waals surface area contributed by atoms with Gasteiger partial charge in [-0.1, -0.05) is 182 Å². The minimum Gasteiger partial charge on any atom is -0.0622 e. The summed E-state index contributed by atoms with van der Waals surface area (Å²) in [5.41, 5.74) is 7.38. The molecule has 6 rings (SSSR count). The lowest BCUT2D eigenvalue weighted by Gasteiger charge is -2.46. The van der Waals surface area contributed by atoms with E-state index < -0.39 is 5.41 Å². The highest BCUT2D eigenvalue weighted by Gasteiger charge is 2.48. The summed E-state index contributed by atoms with van der Waals surface area (Å²) in [7, 11) is 0. The van der Waals surface area contributed by atoms with Gasteiger partial charge in [0.1, 0.15) is 0 Å². The topological polar surface area (TPSA) is 0 Å². The molecule has 42 heavy (non-hydrogen) atoms. The van der Waals surface area contributed by atoms with E-state index >= 15 is 0 Å². The van der Waals surface area contributed by atoms with E-state index in [1.807, 2.05) is 0 Å². The first kappa shape index (κ1) is 27.5. The Bertz CT molecular complexity index is 1510. The molecule has 0 aliphatic heterocycles. The fraction of sp³-hybridized carbons (Fsp3) is 0.119. The van der Waals surface area contributed by atoms with E-state index in [1.165, 1.54) is 39.3 Å². The van der Waals surface area contributed by atoms with Crippen LogP contribution < -0.4 is 0 Å². The van der Waals surface area contributed by atoms with Gasteiger partial charge < -0.3 is 0 Å². The van der Waals surface area contributed by atoms with Gasteiger partial charge in [-0.15, -0.1) is 0 Å². The molecule has 0 aliphatic carbocycles. The molecule has 0 bridgehead atoms. The Balaban J connectivity index is 1.62. The van der Waals surface area contributed by atoms with Crippen molar-refractivity contribution in [3.05, 3.63) is 221 Å². The molecule has 0 fully saturated rings. The Labute approximate surface area is 251 Å². The number of benzene rings is 6. The SMILES string of the molecule is c1ccc(CCCC([C](c2ccccc2)C(c2ccccc2)(c2ccccc2)c2ccccc2)c2ccccc2)cc1. The Morgan fingerprint density at radius 3 is 1.26 bits per heavy atom. The number of rotatable bonds is 11. The molecule has 0 aliphatic rings. The predicted octanol–water partition coefficient (Wildman–Crippen LogP) is 10.5. The smallest absolute Gasteiger partial charge is 0.0562 e. The second-order valence-corrected chi connectivity index (χ2v) is 11.0. The van der Waals surface area contributed by atoms with Crippen molar-refractivity contribution in [3.63, 3.8) is 0 Å². The first-order valence-electron chi connectivity index (χ1n) is 15.1. The lowest BCUT2D eigenvalue weighted by Crippen LogP contribution is -2.40. The third-order valence-corrected chi connectivity index (χ3v) is 8.46. The Kier molecular flexibility index (Phi) is 8.72. The molecule has 0 spiro atoms. The van der Waals surface area contributed by atoms with Crippen molar-refractivity contribution in [1.29, 1.82) is 0 Å². The molecule has 0 heterocycles. The fourth-order valence-electron chi connectivity index (χ4n) is 6.65. The molecule has 0 heteroatoms. The van der Waals surface area contributed by atoms with Gasteiger partial charge in [0.2, 0.25) is 0 Å². The van der Waals surface area contributed by atoms with Crippen LogP contribution in [0.25, 0.3) is 0 Å². The van der Waals surface area contributed by atoms with E-state index in [1.54, 1.807) is 0 Å². The summed E-state index contributed by atoms with van der Waals surface area (Å²) in [6, 6.07) is 66.6. The van der Waals surface area contributed by atoms with Crippen molar-refractivity contribution in [2.75, 3.05) is 0 Å². The minimum atomic E-state index is -0.502. The summed E-state index contributed by atoms with van der Waals surface area (Å²) in [5.74, 6) is 1.61. The quantitative estimate of drug-likeness (QED) is 0.143. The van der Waals surface area contributed by atoms with E-state index in [9.17, 15) is 0 Å². The maximum absolute atomic E-state index is 2.32. The van der Waals surface area contributed by atoms with Crippen molar-refractivity contribution in [1.82, 2.24) is 0 Å². The van der Waals surface area contributed by atoms with E-state index in [-0.39, 0.29) is 5.92 Å². The molecule has 0 nitrogen and oxygen atoms in total. The van der Waals surface area contributed by atoms with Crippen LogP contribution in [0.2, 0.25) is 0 Å². The normalized spacial score (nSPS) is 12.2. The third-order valence-electron chi connectivity index (χ3n) is 8.46. The summed E-state index contributed by atoms with van der Waals surface area (Å²) in [6.07, 6.45) is 3.19. The van der Waals surface area contributed by atoms with Crippen LogP contribution in [-0.4, -0.2) is 0 Å². The van der Waals surface area contributed by atoms with Crippen LogP contribution in [-0.2, 0) is 11.8 Å². The van der Waals surface area contributed by atoms with Crippen LogP contribution in [0, 0.1) is 5.92 Å². The first-order valence-corrected chi connectivity index (χ1v) is 15.1. The molecular weight excluding hydrogens is 504 g/mol. The highest BCUT2D eigenvalue weighted by atomic mass is 14.5. The molecule has 0 saturated heterocycles. The number of aryl methyl sites for hydroxylation is 1. The van der Waals surface area contributed by atoms with Gasteiger partial charge in [0, 0.05) is 5.92 Å². The highest BCUT2D eigenvalue weighted by molar-refractivity contribution is 5.63. The monoisotopic (exact) mass is 541 g/mol. The fourth-order valence-corrected chi connectivity index (χ4v) is 6.65.